The molecule has 284 valence electrons. The highest BCUT2D eigenvalue weighted by Crippen LogP contribution is 2.37. The van der Waals surface area contributed by atoms with E-state index in [0.29, 0.717) is 35.3 Å². The van der Waals surface area contributed by atoms with Gasteiger partial charge in [0.05, 0.1) is 38.1 Å². The number of nitrogens with two attached hydrogens (primary N) is 3. The van der Waals surface area contributed by atoms with Gasteiger partial charge in [-0.2, -0.15) is 0 Å². The molecular weight excluding hydrogens is 718 g/mol. The number of hydrogen-bond donors (Lipinski definition) is 7. The first kappa shape index (κ1) is 40.5. The van der Waals surface area contributed by atoms with Crippen molar-refractivity contribution in [2.24, 2.45) is 5.73 Å². The third-order valence-corrected chi connectivity index (χ3v) is 9.03. The van der Waals surface area contributed by atoms with Crippen molar-refractivity contribution in [3.05, 3.63) is 25.3 Å². The molecule has 0 bridgehead atoms. The summed E-state index contributed by atoms with van der Waals surface area (Å²) in [4.78, 5) is 55.0. The predicted molar refractivity (Wildman–Crippen MR) is 176 cm³/mol. The van der Waals surface area contributed by atoms with Crippen molar-refractivity contribution in [1.29, 1.82) is 0 Å². The number of phosphoric acid groups is 1. The first-order valence-electron chi connectivity index (χ1n) is 15.8. The number of phosphoric ester groups is 1. The van der Waals surface area contributed by atoms with E-state index in [1.54, 1.807) is 9.13 Å². The highest BCUT2D eigenvalue weighted by molar-refractivity contribution is 7.49. The molecule has 2 aliphatic rings. The Kier molecular flexibility index (Phi) is 14.3. The molecule has 51 heavy (non-hydrogen) atoms. The highest BCUT2D eigenvalue weighted by atomic mass is 31.2. The second-order valence-electron chi connectivity index (χ2n) is 11.3. The van der Waals surface area contributed by atoms with E-state index in [0.717, 1.165) is 13.0 Å². The molecule has 4 aromatic rings. The van der Waals surface area contributed by atoms with Crippen LogP contribution < -0.4 is 32.1 Å². The van der Waals surface area contributed by atoms with Crippen molar-refractivity contribution in [1.82, 2.24) is 44.1 Å². The molecule has 0 aromatic carbocycles. The van der Waals surface area contributed by atoms with Crippen LogP contribution in [0.15, 0.2) is 25.3 Å². The quantitative estimate of drug-likeness (QED) is 0.0802. The SMILES string of the molecule is CCCN.CCCNP(=O)([O-])OC[C@H]1O[C@@H](n2cnc3c(N)ncnc32)C[C@H]1O.Nc1ncnc2c1ncn2[C@H]1C[C@@H](O)[C@@H](COP(=O)([O-])O)O1. The molecule has 10 N–H and O–H groups in total. The van der Waals surface area contributed by atoms with Crippen molar-refractivity contribution >= 4 is 49.5 Å². The zero-order chi connectivity index (χ0) is 37.3. The van der Waals surface area contributed by atoms with Gasteiger partial charge < -0.3 is 60.6 Å². The first-order chi connectivity index (χ1) is 24.2. The number of rotatable bonds is 12. The molecule has 25 heteroatoms. The molecule has 0 saturated carbocycles. The first-order valence-corrected chi connectivity index (χ1v) is 18.8. The van der Waals surface area contributed by atoms with Crippen LogP contribution in [0.3, 0.4) is 0 Å². The van der Waals surface area contributed by atoms with Crippen LogP contribution in [0.25, 0.3) is 22.3 Å². The Morgan fingerprint density at radius 3 is 1.71 bits per heavy atom. The van der Waals surface area contributed by atoms with E-state index in [1.807, 2.05) is 6.92 Å². The Labute approximate surface area is 291 Å². The topological polar surface area (TPSA) is 355 Å². The molecular formula is C26H42N12O11P2-2. The molecule has 2 saturated heterocycles. The summed E-state index contributed by atoms with van der Waals surface area (Å²) in [6.45, 7) is 4.24. The second kappa shape index (κ2) is 18.0. The van der Waals surface area contributed by atoms with Gasteiger partial charge in [-0.15, -0.1) is 0 Å². The summed E-state index contributed by atoms with van der Waals surface area (Å²) < 4.78 is 45.9. The summed E-state index contributed by atoms with van der Waals surface area (Å²) in [5.41, 5.74) is 18.2. The van der Waals surface area contributed by atoms with E-state index in [-0.39, 0.29) is 31.1 Å². The average Bonchev–Trinajstić information content (AvgIpc) is 3.88. The molecule has 2 aliphatic heterocycles. The molecule has 6 rings (SSSR count). The summed E-state index contributed by atoms with van der Waals surface area (Å²) in [7, 11) is -9.03. The van der Waals surface area contributed by atoms with Crippen LogP contribution in [0, 0.1) is 0 Å². The summed E-state index contributed by atoms with van der Waals surface area (Å²) in [6, 6.07) is 0. The standard InChI is InChI=1S/C13H21N6O5P.C10H14N5O6P.C3H9N/c1-2-3-18-25(21,22)23-5-9-8(20)4-10(24-9)19-7-17-11-12(14)15-6-16-13(11)19;11-9-8-10(13-3-12-9)15(4-14-8)7-1-5(16)6(21-7)2-20-22(17,18)19;1-2-3-4/h6-10,20H,2-5H2,1H3,(H2,14,15,16)(H2,18,21,22);3-7,16H,1-2H2,(H2,11,12,13)(H2,17,18,19);2-4H2,1H3/p-2/t8-,9-,10-;5-,6-,7-;/m11./s1. The van der Waals surface area contributed by atoms with Crippen LogP contribution in [0.1, 0.15) is 52.0 Å². The number of aliphatic hydroxyl groups excluding tert-OH is 2. The van der Waals surface area contributed by atoms with Crippen molar-refractivity contribution in [2.75, 3.05) is 37.8 Å². The lowest BCUT2D eigenvalue weighted by Gasteiger charge is -2.26. The molecule has 2 unspecified atom stereocenters. The van der Waals surface area contributed by atoms with Crippen LogP contribution in [0.4, 0.5) is 11.6 Å². The van der Waals surface area contributed by atoms with Gasteiger partial charge in [0.1, 0.15) is 48.4 Å². The normalized spacial score (nSPS) is 25.5. The van der Waals surface area contributed by atoms with E-state index in [2.05, 4.69) is 46.4 Å². The number of nitrogen functional groups attached to an aromatic ring is 2. The van der Waals surface area contributed by atoms with Gasteiger partial charge in [0, 0.05) is 19.4 Å². The number of aliphatic hydroxyl groups is 2. The van der Waals surface area contributed by atoms with Crippen LogP contribution in [-0.2, 0) is 27.7 Å². The number of fused-ring (bicyclic) bond motifs is 2. The lowest BCUT2D eigenvalue weighted by atomic mass is 10.2. The van der Waals surface area contributed by atoms with E-state index in [4.69, 9.17) is 36.1 Å². The second-order valence-corrected chi connectivity index (χ2v) is 14.0. The largest absolute Gasteiger partial charge is 0.766 e. The van der Waals surface area contributed by atoms with E-state index < -0.39 is 59.0 Å². The maximum Gasteiger partial charge on any atom is 0.265 e. The number of ether oxygens (including phenoxy) is 2. The van der Waals surface area contributed by atoms with Gasteiger partial charge in [-0.05, 0) is 19.4 Å². The number of nitrogens with one attached hydrogen (secondary N) is 1. The minimum absolute atomic E-state index is 0.179. The van der Waals surface area contributed by atoms with Gasteiger partial charge in [0.25, 0.3) is 7.82 Å². The number of nitrogens with zero attached hydrogens (tertiary/aromatic N) is 8. The fourth-order valence-electron chi connectivity index (χ4n) is 4.87. The Morgan fingerprint density at radius 2 is 1.29 bits per heavy atom. The smallest absolute Gasteiger partial charge is 0.265 e. The zero-order valence-electron chi connectivity index (χ0n) is 27.7. The number of anilines is 2. The van der Waals surface area contributed by atoms with Gasteiger partial charge in [0.2, 0.25) is 7.75 Å². The Balaban J connectivity index is 0.000000208. The maximum absolute atomic E-state index is 11.7. The summed E-state index contributed by atoms with van der Waals surface area (Å²) in [5.74, 6) is 0.464. The molecule has 8 atom stereocenters. The third kappa shape index (κ3) is 10.9. The highest BCUT2D eigenvalue weighted by Gasteiger charge is 2.38. The molecule has 0 radical (unpaired) electrons. The summed E-state index contributed by atoms with van der Waals surface area (Å²) >= 11 is 0. The average molecular weight is 761 g/mol. The molecule has 6 heterocycles. The molecule has 0 amide bonds. The van der Waals surface area contributed by atoms with Crippen LogP contribution in [0.2, 0.25) is 0 Å². The van der Waals surface area contributed by atoms with Crippen LogP contribution in [-0.4, -0.2) is 105 Å². The van der Waals surface area contributed by atoms with Gasteiger partial charge in [0.15, 0.2) is 22.9 Å². The number of hydrogen-bond acceptors (Lipinski definition) is 19. The fourth-order valence-corrected chi connectivity index (χ4v) is 6.13. The molecule has 0 spiro atoms. The van der Waals surface area contributed by atoms with Crippen molar-refractivity contribution in [3.8, 4) is 0 Å². The van der Waals surface area contributed by atoms with E-state index >= 15 is 0 Å². The minimum atomic E-state index is -4.87. The summed E-state index contributed by atoms with van der Waals surface area (Å²) in [5, 5.41) is 22.4. The van der Waals surface area contributed by atoms with Crippen LogP contribution in [0.5, 0.6) is 0 Å². The molecule has 23 nitrogen and oxygen atoms in total. The maximum atomic E-state index is 11.7. The lowest BCUT2D eigenvalue weighted by molar-refractivity contribution is -0.223. The summed E-state index contributed by atoms with van der Waals surface area (Å²) in [6.07, 6.45) is 3.00. The van der Waals surface area contributed by atoms with Crippen molar-refractivity contribution in [3.63, 3.8) is 0 Å². The van der Waals surface area contributed by atoms with Gasteiger partial charge in [-0.3, -0.25) is 23.4 Å². The van der Waals surface area contributed by atoms with E-state index in [9.17, 15) is 29.1 Å². The number of aromatic nitrogens is 8. The minimum Gasteiger partial charge on any atom is -0.766 e. The van der Waals surface area contributed by atoms with Crippen molar-refractivity contribution < 1.29 is 52.5 Å². The Hall–Kier alpha value is -3.28. The van der Waals surface area contributed by atoms with Gasteiger partial charge in [-0.1, -0.05) is 13.8 Å². The van der Waals surface area contributed by atoms with E-state index in [1.165, 1.54) is 25.3 Å². The molecule has 0 aliphatic carbocycles. The van der Waals surface area contributed by atoms with Crippen LogP contribution >= 0.6 is 15.6 Å². The predicted octanol–water partition coefficient (Wildman–Crippen LogP) is -1.57. The zero-order valence-corrected chi connectivity index (χ0v) is 29.5. The molecule has 4 aromatic heterocycles. The lowest BCUT2D eigenvalue weighted by Crippen LogP contribution is -2.30. The van der Waals surface area contributed by atoms with Gasteiger partial charge in [-0.25, -0.2) is 29.9 Å². The monoisotopic (exact) mass is 760 g/mol. The Morgan fingerprint density at radius 1 is 0.843 bits per heavy atom. The Bertz CT molecular complexity index is 1810. The molecule has 2 fully saturated rings. The third-order valence-electron chi connectivity index (χ3n) is 7.46. The number of imidazole rings is 2. The fraction of sp³-hybridized carbons (Fsp3) is 0.615. The van der Waals surface area contributed by atoms with Crippen molar-refractivity contribution in [2.45, 2.75) is 76.4 Å². The van der Waals surface area contributed by atoms with Gasteiger partial charge >= 0.3 is 0 Å².